The molecule has 1 amide bonds. The standard InChI is InChI=1S/C10H6F3NO/c1-2-9(15)14-8-6-4-3-5-7(8)10(11,12)13/h1,3-6H,(H,14,15). The van der Waals surface area contributed by atoms with Crippen LogP contribution in [-0.2, 0) is 11.0 Å². The topological polar surface area (TPSA) is 29.1 Å². The number of terminal acetylenes is 1. The molecule has 0 heterocycles. The number of halogens is 3. The highest BCUT2D eigenvalue weighted by Gasteiger charge is 2.33. The largest absolute Gasteiger partial charge is 0.418 e. The van der Waals surface area contributed by atoms with Crippen molar-refractivity contribution in [3.05, 3.63) is 29.8 Å². The summed E-state index contributed by atoms with van der Waals surface area (Å²) in [6, 6.07) is 4.61. The van der Waals surface area contributed by atoms with E-state index in [0.717, 1.165) is 12.1 Å². The molecule has 0 saturated heterocycles. The summed E-state index contributed by atoms with van der Waals surface area (Å²) in [5, 5.41) is 1.97. The van der Waals surface area contributed by atoms with Crippen LogP contribution in [-0.4, -0.2) is 5.91 Å². The second-order valence-corrected chi connectivity index (χ2v) is 2.64. The van der Waals surface area contributed by atoms with Gasteiger partial charge in [0.05, 0.1) is 11.3 Å². The number of amides is 1. The molecular weight excluding hydrogens is 207 g/mol. The molecule has 0 bridgehead atoms. The molecule has 0 fully saturated rings. The van der Waals surface area contributed by atoms with Crippen molar-refractivity contribution in [1.29, 1.82) is 0 Å². The molecule has 0 saturated carbocycles. The van der Waals surface area contributed by atoms with E-state index in [2.05, 4.69) is 0 Å². The van der Waals surface area contributed by atoms with Crippen LogP contribution in [0.3, 0.4) is 0 Å². The summed E-state index contributed by atoms with van der Waals surface area (Å²) < 4.78 is 37.2. The number of hydrogen-bond acceptors (Lipinski definition) is 1. The number of alkyl halides is 3. The first-order chi connectivity index (χ1) is 6.95. The Morgan fingerprint density at radius 1 is 1.33 bits per heavy atom. The van der Waals surface area contributed by atoms with Crippen molar-refractivity contribution >= 4 is 11.6 Å². The van der Waals surface area contributed by atoms with Crippen molar-refractivity contribution in [3.63, 3.8) is 0 Å². The lowest BCUT2D eigenvalue weighted by Crippen LogP contribution is -2.14. The first kappa shape index (κ1) is 11.1. The lowest BCUT2D eigenvalue weighted by Gasteiger charge is -2.11. The number of nitrogens with one attached hydrogen (secondary N) is 1. The van der Waals surface area contributed by atoms with E-state index in [0.29, 0.717) is 0 Å². The van der Waals surface area contributed by atoms with E-state index in [-0.39, 0.29) is 5.69 Å². The SMILES string of the molecule is C#CC(=O)Nc1ccccc1C(F)(F)F. The van der Waals surface area contributed by atoms with E-state index < -0.39 is 17.6 Å². The van der Waals surface area contributed by atoms with Gasteiger partial charge < -0.3 is 5.32 Å². The van der Waals surface area contributed by atoms with Gasteiger partial charge in [0.2, 0.25) is 0 Å². The summed E-state index contributed by atoms with van der Waals surface area (Å²) in [4.78, 5) is 10.7. The van der Waals surface area contributed by atoms with E-state index in [1.807, 2.05) is 5.32 Å². The minimum absolute atomic E-state index is 0.340. The van der Waals surface area contributed by atoms with Crippen LogP contribution in [0, 0.1) is 12.3 Å². The first-order valence-corrected chi connectivity index (χ1v) is 3.89. The zero-order chi connectivity index (χ0) is 11.5. The number of carbonyl (C=O) groups excluding carboxylic acids is 1. The molecule has 15 heavy (non-hydrogen) atoms. The van der Waals surface area contributed by atoms with Gasteiger partial charge in [-0.15, -0.1) is 6.42 Å². The third-order valence-corrected chi connectivity index (χ3v) is 1.61. The quantitative estimate of drug-likeness (QED) is 0.712. The van der Waals surface area contributed by atoms with E-state index >= 15 is 0 Å². The van der Waals surface area contributed by atoms with Crippen LogP contribution in [0.4, 0.5) is 18.9 Å². The minimum atomic E-state index is -4.52. The zero-order valence-electron chi connectivity index (χ0n) is 7.43. The van der Waals surface area contributed by atoms with Crippen molar-refractivity contribution < 1.29 is 18.0 Å². The maximum Gasteiger partial charge on any atom is 0.418 e. The molecule has 0 radical (unpaired) electrons. The van der Waals surface area contributed by atoms with Crippen molar-refractivity contribution in [1.82, 2.24) is 0 Å². The van der Waals surface area contributed by atoms with Crippen molar-refractivity contribution in [2.24, 2.45) is 0 Å². The predicted octanol–water partition coefficient (Wildman–Crippen LogP) is 2.28. The average Bonchev–Trinajstić information content (AvgIpc) is 2.17. The molecule has 0 aliphatic rings. The normalized spacial score (nSPS) is 10.5. The van der Waals surface area contributed by atoms with E-state index in [1.165, 1.54) is 12.1 Å². The first-order valence-electron chi connectivity index (χ1n) is 3.89. The van der Waals surface area contributed by atoms with Crippen LogP contribution < -0.4 is 5.32 Å². The lowest BCUT2D eigenvalue weighted by molar-refractivity contribution is -0.136. The molecule has 1 aromatic carbocycles. The molecule has 2 nitrogen and oxygen atoms in total. The number of anilines is 1. The van der Waals surface area contributed by atoms with Gasteiger partial charge in [-0.2, -0.15) is 13.2 Å². The van der Waals surface area contributed by atoms with Crippen LogP contribution >= 0.6 is 0 Å². The second-order valence-electron chi connectivity index (χ2n) is 2.64. The predicted molar refractivity (Wildman–Crippen MR) is 48.9 cm³/mol. The summed E-state index contributed by atoms with van der Waals surface area (Å²) in [5.74, 6) is 0.764. The third-order valence-electron chi connectivity index (χ3n) is 1.61. The van der Waals surface area contributed by atoms with Gasteiger partial charge in [-0.3, -0.25) is 4.79 Å². The average molecular weight is 213 g/mol. The highest BCUT2D eigenvalue weighted by molar-refractivity contribution is 6.03. The van der Waals surface area contributed by atoms with Crippen molar-refractivity contribution in [2.45, 2.75) is 6.18 Å². The highest BCUT2D eigenvalue weighted by atomic mass is 19.4. The molecule has 1 rings (SSSR count). The molecule has 0 aliphatic heterocycles. The fraction of sp³-hybridized carbons (Fsp3) is 0.100. The molecule has 0 atom stereocenters. The Labute approximate surface area is 84.1 Å². The summed E-state index contributed by atoms with van der Waals surface area (Å²) >= 11 is 0. The van der Waals surface area contributed by atoms with Crippen molar-refractivity contribution in [3.8, 4) is 12.3 Å². The highest BCUT2D eigenvalue weighted by Crippen LogP contribution is 2.34. The monoisotopic (exact) mass is 213 g/mol. The Balaban J connectivity index is 3.09. The van der Waals surface area contributed by atoms with Crippen LogP contribution in [0.2, 0.25) is 0 Å². The van der Waals surface area contributed by atoms with Crippen LogP contribution in [0.25, 0.3) is 0 Å². The summed E-state index contributed by atoms with van der Waals surface area (Å²) in [5.41, 5.74) is -1.26. The molecular formula is C10H6F3NO. The number of benzene rings is 1. The van der Waals surface area contributed by atoms with Crippen LogP contribution in [0.5, 0.6) is 0 Å². The molecule has 5 heteroatoms. The maximum atomic E-state index is 12.4. The minimum Gasteiger partial charge on any atom is -0.315 e. The molecule has 1 N–H and O–H groups in total. The maximum absolute atomic E-state index is 12.4. The van der Waals surface area contributed by atoms with Crippen LogP contribution in [0.1, 0.15) is 5.56 Å². The second kappa shape index (κ2) is 4.05. The molecule has 0 aliphatic carbocycles. The number of carbonyl (C=O) groups is 1. The molecule has 78 valence electrons. The van der Waals surface area contributed by atoms with Gasteiger partial charge >= 0.3 is 6.18 Å². The van der Waals surface area contributed by atoms with E-state index in [4.69, 9.17) is 6.42 Å². The Morgan fingerprint density at radius 3 is 2.47 bits per heavy atom. The Bertz CT molecular complexity index is 417. The van der Waals surface area contributed by atoms with Gasteiger partial charge in [-0.1, -0.05) is 12.1 Å². The molecule has 1 aromatic rings. The van der Waals surface area contributed by atoms with E-state index in [1.54, 1.807) is 5.92 Å². The van der Waals surface area contributed by atoms with Crippen LogP contribution in [0.15, 0.2) is 24.3 Å². The summed E-state index contributed by atoms with van der Waals surface area (Å²) in [7, 11) is 0. The molecule has 0 spiro atoms. The van der Waals surface area contributed by atoms with Gasteiger partial charge in [-0.05, 0) is 18.1 Å². The Hall–Kier alpha value is -1.96. The number of rotatable bonds is 1. The Kier molecular flexibility index (Phi) is 3.00. The number of hydrogen-bond donors (Lipinski definition) is 1. The fourth-order valence-electron chi connectivity index (χ4n) is 0.998. The number of para-hydroxylation sites is 1. The van der Waals surface area contributed by atoms with E-state index in [9.17, 15) is 18.0 Å². The molecule has 0 unspecified atom stereocenters. The summed E-state index contributed by atoms with van der Waals surface area (Å²) in [6.45, 7) is 0. The Morgan fingerprint density at radius 2 is 1.93 bits per heavy atom. The third kappa shape index (κ3) is 2.74. The lowest BCUT2D eigenvalue weighted by atomic mass is 10.1. The van der Waals surface area contributed by atoms with Gasteiger partial charge in [0.25, 0.3) is 5.91 Å². The van der Waals surface area contributed by atoms with Gasteiger partial charge in [0.1, 0.15) is 0 Å². The molecule has 0 aromatic heterocycles. The van der Waals surface area contributed by atoms with Gasteiger partial charge in [0.15, 0.2) is 0 Å². The van der Waals surface area contributed by atoms with Crippen molar-refractivity contribution in [2.75, 3.05) is 5.32 Å². The van der Waals surface area contributed by atoms with Gasteiger partial charge in [-0.25, -0.2) is 0 Å². The van der Waals surface area contributed by atoms with Gasteiger partial charge in [0, 0.05) is 0 Å². The smallest absolute Gasteiger partial charge is 0.315 e. The summed E-state index contributed by atoms with van der Waals surface area (Å²) in [6.07, 6.45) is 0.220. The fourth-order valence-corrected chi connectivity index (χ4v) is 0.998. The zero-order valence-corrected chi connectivity index (χ0v) is 7.43.